The summed E-state index contributed by atoms with van der Waals surface area (Å²) in [5.74, 6) is 2.12. The normalized spacial score (nSPS) is 12.7. The highest BCUT2D eigenvalue weighted by atomic mass is 16.5. The molecule has 60 heavy (non-hydrogen) atoms. The summed E-state index contributed by atoms with van der Waals surface area (Å²) < 4.78 is 26.2. The third kappa shape index (κ3) is 37.5. The molecule has 0 aliphatic carbocycles. The first-order valence-corrected chi connectivity index (χ1v) is 21.5. The third-order valence-electron chi connectivity index (χ3n) is 9.18. The van der Waals surface area contributed by atoms with Gasteiger partial charge in [0.15, 0.2) is 5.72 Å². The summed E-state index contributed by atoms with van der Waals surface area (Å²) in [6, 6.07) is -1.15. The number of nitrogens with one attached hydrogen (secondary N) is 5. The fourth-order valence-corrected chi connectivity index (χ4v) is 5.81. The molecule has 20 heteroatoms. The Labute approximate surface area is 355 Å². The standard InChI is InChI=1S/C40H76N6O14/c1-56-32-40(55,46-41)20-14-15-21-42-36(49)30-59-28-27-58-25-23-44-37(50)31-60-29-26-57-24-22-43-34(47)19-18-33(39(53)54)45-35(48)16-12-10-8-6-4-2-3-5-7-9-11-13-17-38(51)52/h33,46,55H,2-32,41H2,1H3,(H,42,49)(H,43,47)(H,44,50)(H,45,48)(H,51,52)(H,53,54). The first-order chi connectivity index (χ1) is 28.9. The number of aliphatic hydroxyl groups is 1. The van der Waals surface area contributed by atoms with E-state index in [9.17, 15) is 39.0 Å². The number of hydrazine groups is 1. The minimum atomic E-state index is -1.30. The number of amides is 4. The van der Waals surface area contributed by atoms with Crippen molar-refractivity contribution in [1.82, 2.24) is 26.7 Å². The summed E-state index contributed by atoms with van der Waals surface area (Å²) in [7, 11) is 1.47. The zero-order valence-electron chi connectivity index (χ0n) is 35.9. The number of aliphatic carboxylic acids is 2. The van der Waals surface area contributed by atoms with Crippen molar-refractivity contribution in [3.8, 4) is 0 Å². The molecule has 0 saturated carbocycles. The fourth-order valence-electron chi connectivity index (χ4n) is 5.81. The lowest BCUT2D eigenvalue weighted by atomic mass is 10.0. The molecule has 4 amide bonds. The van der Waals surface area contributed by atoms with Crippen LogP contribution < -0.4 is 32.5 Å². The molecule has 0 rings (SSSR count). The molecule has 0 aliphatic rings. The number of hydrogen-bond donors (Lipinski definition) is 9. The van der Waals surface area contributed by atoms with Gasteiger partial charge >= 0.3 is 11.9 Å². The second-order valence-corrected chi connectivity index (χ2v) is 14.6. The van der Waals surface area contributed by atoms with E-state index in [0.29, 0.717) is 32.2 Å². The van der Waals surface area contributed by atoms with E-state index in [2.05, 4.69) is 26.7 Å². The largest absolute Gasteiger partial charge is 0.481 e. The Bertz CT molecular complexity index is 1150. The van der Waals surface area contributed by atoms with Crippen molar-refractivity contribution in [2.45, 2.75) is 134 Å². The molecule has 0 aromatic carbocycles. The van der Waals surface area contributed by atoms with Crippen LogP contribution in [0.25, 0.3) is 0 Å². The highest BCUT2D eigenvalue weighted by molar-refractivity contribution is 5.84. The second kappa shape index (κ2) is 39.6. The summed E-state index contributed by atoms with van der Waals surface area (Å²) in [6.07, 6.45) is 14.3. The van der Waals surface area contributed by atoms with Gasteiger partial charge in [-0.3, -0.25) is 29.8 Å². The summed E-state index contributed by atoms with van der Waals surface area (Å²) in [5.41, 5.74) is 1.03. The maximum absolute atomic E-state index is 12.3. The Morgan fingerprint density at radius 1 is 0.550 bits per heavy atom. The number of carboxylic acid groups (broad SMARTS) is 2. The van der Waals surface area contributed by atoms with Crippen LogP contribution in [-0.4, -0.2) is 149 Å². The molecule has 2 atom stereocenters. The summed E-state index contributed by atoms with van der Waals surface area (Å²) in [6.45, 7) is 1.93. The number of carboxylic acids is 2. The zero-order chi connectivity index (χ0) is 44.5. The van der Waals surface area contributed by atoms with Gasteiger partial charge in [-0.2, -0.15) is 0 Å². The SMILES string of the molecule is COCC(O)(CCCCNC(=O)COCCOCCNC(=O)COCCOCCNC(=O)CCC(NC(=O)CCCCCCCCCCCCCCC(=O)O)C(=O)O)NN. The minimum absolute atomic E-state index is 0.0338. The van der Waals surface area contributed by atoms with Crippen molar-refractivity contribution in [2.75, 3.05) is 86.2 Å². The Morgan fingerprint density at radius 3 is 1.50 bits per heavy atom. The highest BCUT2D eigenvalue weighted by Gasteiger charge is 2.24. The van der Waals surface area contributed by atoms with Crippen LogP contribution in [0.3, 0.4) is 0 Å². The Morgan fingerprint density at radius 2 is 1.02 bits per heavy atom. The number of carbonyl (C=O) groups is 6. The maximum atomic E-state index is 12.3. The monoisotopic (exact) mass is 865 g/mol. The van der Waals surface area contributed by atoms with Crippen molar-refractivity contribution in [3.05, 3.63) is 0 Å². The van der Waals surface area contributed by atoms with E-state index in [-0.39, 0.29) is 122 Å². The van der Waals surface area contributed by atoms with Crippen LogP contribution in [0.15, 0.2) is 0 Å². The van der Waals surface area contributed by atoms with Crippen LogP contribution in [0.2, 0.25) is 0 Å². The fraction of sp³-hybridized carbons (Fsp3) is 0.850. The molecule has 350 valence electrons. The lowest BCUT2D eigenvalue weighted by Crippen LogP contribution is -2.52. The first-order valence-electron chi connectivity index (χ1n) is 21.5. The molecule has 2 unspecified atom stereocenters. The second-order valence-electron chi connectivity index (χ2n) is 14.6. The number of methoxy groups -OCH3 is 1. The lowest BCUT2D eigenvalue weighted by Gasteiger charge is -2.26. The highest BCUT2D eigenvalue weighted by Crippen LogP contribution is 2.13. The molecular weight excluding hydrogens is 788 g/mol. The number of rotatable bonds is 44. The van der Waals surface area contributed by atoms with Crippen LogP contribution in [0.5, 0.6) is 0 Å². The smallest absolute Gasteiger partial charge is 0.326 e. The molecule has 0 spiro atoms. The molecule has 0 radical (unpaired) electrons. The van der Waals surface area contributed by atoms with Crippen LogP contribution >= 0.6 is 0 Å². The average molecular weight is 865 g/mol. The van der Waals surface area contributed by atoms with Crippen molar-refractivity contribution in [3.63, 3.8) is 0 Å². The molecule has 0 aromatic rings. The quantitative estimate of drug-likeness (QED) is 0.0180. The molecular formula is C40H76N6O14. The number of unbranched alkanes of at least 4 members (excludes halogenated alkanes) is 12. The van der Waals surface area contributed by atoms with E-state index in [1.807, 2.05) is 0 Å². The van der Waals surface area contributed by atoms with Gasteiger partial charge < -0.3 is 60.3 Å². The molecule has 0 aliphatic heterocycles. The summed E-state index contributed by atoms with van der Waals surface area (Å²) >= 11 is 0. The zero-order valence-corrected chi connectivity index (χ0v) is 35.9. The van der Waals surface area contributed by atoms with Crippen molar-refractivity contribution < 1.29 is 67.8 Å². The van der Waals surface area contributed by atoms with E-state index in [1.165, 1.54) is 26.4 Å². The average Bonchev–Trinajstić information content (AvgIpc) is 3.21. The van der Waals surface area contributed by atoms with E-state index < -0.39 is 23.7 Å². The first kappa shape index (κ1) is 56.5. The van der Waals surface area contributed by atoms with Gasteiger partial charge in [-0.15, -0.1) is 0 Å². The molecule has 0 fully saturated rings. The van der Waals surface area contributed by atoms with Crippen molar-refractivity contribution in [1.29, 1.82) is 0 Å². The van der Waals surface area contributed by atoms with Gasteiger partial charge in [0.25, 0.3) is 0 Å². The summed E-state index contributed by atoms with van der Waals surface area (Å²) in [4.78, 5) is 70.4. The molecule has 0 saturated heterocycles. The summed E-state index contributed by atoms with van der Waals surface area (Å²) in [5, 5.41) is 38.8. The lowest BCUT2D eigenvalue weighted by molar-refractivity contribution is -0.142. The van der Waals surface area contributed by atoms with Gasteiger partial charge in [0, 0.05) is 46.0 Å². The molecule has 0 aromatic heterocycles. The van der Waals surface area contributed by atoms with Gasteiger partial charge in [0.2, 0.25) is 23.6 Å². The predicted molar refractivity (Wildman–Crippen MR) is 221 cm³/mol. The number of nitrogens with two attached hydrogens (primary N) is 1. The molecule has 0 heterocycles. The number of ether oxygens (including phenoxy) is 5. The van der Waals surface area contributed by atoms with Crippen LogP contribution in [0.1, 0.15) is 122 Å². The Balaban J connectivity index is 3.67. The van der Waals surface area contributed by atoms with Gasteiger partial charge in [-0.1, -0.05) is 64.2 Å². The van der Waals surface area contributed by atoms with E-state index in [1.54, 1.807) is 0 Å². The van der Waals surface area contributed by atoms with Gasteiger partial charge in [-0.25, -0.2) is 10.2 Å². The van der Waals surface area contributed by atoms with E-state index >= 15 is 0 Å². The van der Waals surface area contributed by atoms with E-state index in [0.717, 1.165) is 51.4 Å². The number of hydrogen-bond acceptors (Lipinski definition) is 14. The predicted octanol–water partition coefficient (Wildman–Crippen LogP) is 1.27. The van der Waals surface area contributed by atoms with E-state index in [4.69, 9.17) is 34.6 Å². The molecule has 0 bridgehead atoms. The van der Waals surface area contributed by atoms with Crippen molar-refractivity contribution >= 4 is 35.6 Å². The van der Waals surface area contributed by atoms with Crippen LogP contribution in [0.4, 0.5) is 0 Å². The molecule has 10 N–H and O–H groups in total. The Kier molecular flexibility index (Phi) is 37.3. The minimum Gasteiger partial charge on any atom is -0.481 e. The maximum Gasteiger partial charge on any atom is 0.326 e. The van der Waals surface area contributed by atoms with Gasteiger partial charge in [0.05, 0.1) is 46.2 Å². The number of carbonyl (C=O) groups excluding carboxylic acids is 4. The van der Waals surface area contributed by atoms with Gasteiger partial charge in [0.1, 0.15) is 19.3 Å². The third-order valence-corrected chi connectivity index (χ3v) is 9.18. The Hall–Kier alpha value is -3.50. The van der Waals surface area contributed by atoms with Gasteiger partial charge in [-0.05, 0) is 38.5 Å². The topological polar surface area (TPSA) is 295 Å². The van der Waals surface area contributed by atoms with Crippen LogP contribution in [0, 0.1) is 0 Å². The van der Waals surface area contributed by atoms with Crippen LogP contribution in [-0.2, 0) is 52.5 Å². The molecule has 20 nitrogen and oxygen atoms in total. The van der Waals surface area contributed by atoms with Crippen molar-refractivity contribution in [2.24, 2.45) is 5.84 Å².